The summed E-state index contributed by atoms with van der Waals surface area (Å²) in [7, 11) is 0. The first-order valence-corrected chi connectivity index (χ1v) is 6.91. The summed E-state index contributed by atoms with van der Waals surface area (Å²) in [6.45, 7) is 6.29. The highest BCUT2D eigenvalue weighted by atomic mass is 19.1. The molecule has 0 bridgehead atoms. The van der Waals surface area contributed by atoms with Crippen LogP contribution < -0.4 is 5.73 Å². The number of fused-ring (bicyclic) bond motifs is 1. The quantitative estimate of drug-likeness (QED) is 0.681. The highest BCUT2D eigenvalue weighted by molar-refractivity contribution is 5.84. The van der Waals surface area contributed by atoms with Crippen molar-refractivity contribution >= 4 is 16.7 Å². The number of nitrogens with zero attached hydrogens (tertiary/aromatic N) is 2. The molecular formula is C17H18FN3. The summed E-state index contributed by atoms with van der Waals surface area (Å²) in [5.74, 6) is 0.382. The first-order chi connectivity index (χ1) is 9.88. The first kappa shape index (κ1) is 13.6. The monoisotopic (exact) mass is 283 g/mol. The Balaban J connectivity index is 2.39. The van der Waals surface area contributed by atoms with Gasteiger partial charge in [0, 0.05) is 16.8 Å². The molecule has 0 unspecified atom stereocenters. The maximum absolute atomic E-state index is 13.6. The molecule has 0 spiro atoms. The van der Waals surface area contributed by atoms with Crippen LogP contribution in [0.1, 0.15) is 20.8 Å². The number of aromatic nitrogens is 2. The van der Waals surface area contributed by atoms with Gasteiger partial charge in [-0.1, -0.05) is 12.1 Å². The minimum atomic E-state index is -0.313. The van der Waals surface area contributed by atoms with Gasteiger partial charge in [-0.15, -0.1) is 0 Å². The molecule has 21 heavy (non-hydrogen) atoms. The summed E-state index contributed by atoms with van der Waals surface area (Å²) in [5, 5.41) is 0. The minimum absolute atomic E-state index is 0.190. The first-order valence-electron chi connectivity index (χ1n) is 6.91. The van der Waals surface area contributed by atoms with E-state index in [2.05, 4.69) is 30.3 Å². The van der Waals surface area contributed by atoms with Gasteiger partial charge in [-0.25, -0.2) is 9.37 Å². The zero-order valence-electron chi connectivity index (χ0n) is 12.4. The summed E-state index contributed by atoms with van der Waals surface area (Å²) in [4.78, 5) is 4.67. The van der Waals surface area contributed by atoms with Gasteiger partial charge in [-0.3, -0.25) is 0 Å². The fourth-order valence-electron chi connectivity index (χ4n) is 2.61. The Kier molecular flexibility index (Phi) is 2.97. The number of hydrogen-bond acceptors (Lipinski definition) is 2. The lowest BCUT2D eigenvalue weighted by Crippen LogP contribution is -2.22. The number of anilines is 1. The molecule has 0 amide bonds. The Bertz CT molecular complexity index is 813. The van der Waals surface area contributed by atoms with Crippen LogP contribution in [0.25, 0.3) is 22.4 Å². The van der Waals surface area contributed by atoms with Crippen molar-refractivity contribution in [3.8, 4) is 11.4 Å². The van der Waals surface area contributed by atoms with Crippen LogP contribution in [0.2, 0.25) is 0 Å². The molecule has 2 aromatic carbocycles. The zero-order valence-corrected chi connectivity index (χ0v) is 12.4. The van der Waals surface area contributed by atoms with Gasteiger partial charge >= 0.3 is 0 Å². The lowest BCUT2D eigenvalue weighted by Gasteiger charge is -2.25. The van der Waals surface area contributed by atoms with Crippen LogP contribution in [0.15, 0.2) is 42.5 Å². The van der Waals surface area contributed by atoms with Crippen LogP contribution in [0.4, 0.5) is 10.1 Å². The number of rotatable bonds is 1. The van der Waals surface area contributed by atoms with Gasteiger partial charge in [-0.05, 0) is 51.1 Å². The predicted octanol–water partition coefficient (Wildman–Crippen LogP) is 4.18. The SMILES string of the molecule is CC(C)(C)n1c(-c2cc(F)ccc2N)nc2ccccc21. The standard InChI is InChI=1S/C17H18FN3/c1-17(2,3)21-15-7-5-4-6-14(15)20-16(21)12-10-11(18)8-9-13(12)19/h4-10H,19H2,1-3H3. The Labute approximate surface area is 123 Å². The highest BCUT2D eigenvalue weighted by Crippen LogP contribution is 2.33. The van der Waals surface area contributed by atoms with Gasteiger partial charge in [0.05, 0.1) is 11.0 Å². The molecule has 0 atom stereocenters. The average molecular weight is 283 g/mol. The van der Waals surface area contributed by atoms with E-state index in [-0.39, 0.29) is 11.4 Å². The van der Waals surface area contributed by atoms with Crippen LogP contribution in [0.3, 0.4) is 0 Å². The van der Waals surface area contributed by atoms with Crippen LogP contribution in [0.5, 0.6) is 0 Å². The third kappa shape index (κ3) is 2.27. The van der Waals surface area contributed by atoms with Crippen molar-refractivity contribution in [2.45, 2.75) is 26.3 Å². The molecule has 1 heterocycles. The molecule has 3 nitrogen and oxygen atoms in total. The van der Waals surface area contributed by atoms with Crippen molar-refractivity contribution in [3.63, 3.8) is 0 Å². The number of benzene rings is 2. The highest BCUT2D eigenvalue weighted by Gasteiger charge is 2.23. The van der Waals surface area contributed by atoms with Crippen molar-refractivity contribution in [2.24, 2.45) is 0 Å². The maximum atomic E-state index is 13.6. The van der Waals surface area contributed by atoms with Crippen molar-refractivity contribution < 1.29 is 4.39 Å². The van der Waals surface area contributed by atoms with Crippen LogP contribution >= 0.6 is 0 Å². The number of hydrogen-bond donors (Lipinski definition) is 1. The predicted molar refractivity (Wildman–Crippen MR) is 84.5 cm³/mol. The summed E-state index contributed by atoms with van der Waals surface area (Å²) in [6, 6.07) is 12.3. The minimum Gasteiger partial charge on any atom is -0.398 e. The molecule has 0 saturated carbocycles. The smallest absolute Gasteiger partial charge is 0.143 e. The summed E-state index contributed by atoms with van der Waals surface area (Å²) in [6.07, 6.45) is 0. The summed E-state index contributed by atoms with van der Waals surface area (Å²) >= 11 is 0. The van der Waals surface area contributed by atoms with E-state index in [1.165, 1.54) is 12.1 Å². The molecule has 0 saturated heterocycles. The number of halogens is 1. The molecule has 0 aliphatic rings. The molecule has 108 valence electrons. The van der Waals surface area contributed by atoms with E-state index >= 15 is 0 Å². The molecule has 0 aliphatic carbocycles. The lowest BCUT2D eigenvalue weighted by molar-refractivity contribution is 0.413. The van der Waals surface area contributed by atoms with E-state index in [1.807, 2.05) is 24.3 Å². The van der Waals surface area contributed by atoms with E-state index in [0.717, 1.165) is 11.0 Å². The van der Waals surface area contributed by atoms with E-state index in [0.29, 0.717) is 17.1 Å². The molecule has 3 rings (SSSR count). The van der Waals surface area contributed by atoms with Crippen LogP contribution in [0, 0.1) is 5.82 Å². The second-order valence-corrected chi connectivity index (χ2v) is 6.16. The topological polar surface area (TPSA) is 43.8 Å². The van der Waals surface area contributed by atoms with Gasteiger partial charge < -0.3 is 10.3 Å². The van der Waals surface area contributed by atoms with Crippen molar-refractivity contribution in [3.05, 3.63) is 48.3 Å². The summed E-state index contributed by atoms with van der Waals surface area (Å²) < 4.78 is 15.7. The van der Waals surface area contributed by atoms with Crippen LogP contribution in [-0.4, -0.2) is 9.55 Å². The largest absolute Gasteiger partial charge is 0.398 e. The Hall–Kier alpha value is -2.36. The lowest BCUT2D eigenvalue weighted by atomic mass is 10.1. The fourth-order valence-corrected chi connectivity index (χ4v) is 2.61. The molecule has 0 fully saturated rings. The van der Waals surface area contributed by atoms with E-state index < -0.39 is 0 Å². The van der Waals surface area contributed by atoms with E-state index in [1.54, 1.807) is 6.07 Å². The second-order valence-electron chi connectivity index (χ2n) is 6.16. The number of nitrogens with two attached hydrogens (primary N) is 1. The van der Waals surface area contributed by atoms with E-state index in [9.17, 15) is 4.39 Å². The van der Waals surface area contributed by atoms with Gasteiger partial charge in [0.2, 0.25) is 0 Å². The van der Waals surface area contributed by atoms with Crippen molar-refractivity contribution in [2.75, 3.05) is 5.73 Å². The van der Waals surface area contributed by atoms with E-state index in [4.69, 9.17) is 5.73 Å². The molecular weight excluding hydrogens is 265 g/mol. The number of para-hydroxylation sites is 2. The van der Waals surface area contributed by atoms with Crippen molar-refractivity contribution in [1.29, 1.82) is 0 Å². The maximum Gasteiger partial charge on any atom is 0.143 e. The molecule has 4 heteroatoms. The van der Waals surface area contributed by atoms with Gasteiger partial charge in [0.1, 0.15) is 11.6 Å². The Morgan fingerprint density at radius 3 is 2.52 bits per heavy atom. The van der Waals surface area contributed by atoms with Gasteiger partial charge in [0.15, 0.2) is 0 Å². The molecule has 1 aromatic heterocycles. The second kappa shape index (κ2) is 4.58. The molecule has 3 aromatic rings. The number of imidazole rings is 1. The third-order valence-corrected chi connectivity index (χ3v) is 3.49. The Morgan fingerprint density at radius 1 is 1.10 bits per heavy atom. The average Bonchev–Trinajstić information content (AvgIpc) is 2.80. The third-order valence-electron chi connectivity index (χ3n) is 3.49. The van der Waals surface area contributed by atoms with Crippen molar-refractivity contribution in [1.82, 2.24) is 9.55 Å². The number of nitrogen functional groups attached to an aromatic ring is 1. The summed E-state index contributed by atoms with van der Waals surface area (Å²) in [5.41, 5.74) is 8.89. The van der Waals surface area contributed by atoms with Gasteiger partial charge in [0.25, 0.3) is 0 Å². The Morgan fingerprint density at radius 2 is 1.81 bits per heavy atom. The molecule has 2 N–H and O–H groups in total. The molecule has 0 aliphatic heterocycles. The normalized spacial score (nSPS) is 12.0. The van der Waals surface area contributed by atoms with Gasteiger partial charge in [-0.2, -0.15) is 0 Å². The fraction of sp³-hybridized carbons (Fsp3) is 0.235. The zero-order chi connectivity index (χ0) is 15.2. The molecule has 0 radical (unpaired) electrons. The van der Waals surface area contributed by atoms with Crippen LogP contribution in [-0.2, 0) is 5.54 Å².